The van der Waals surface area contributed by atoms with Gasteiger partial charge in [0.2, 0.25) is 0 Å². The van der Waals surface area contributed by atoms with Crippen LogP contribution in [0.1, 0.15) is 30.1 Å². The van der Waals surface area contributed by atoms with Gasteiger partial charge in [-0.05, 0) is 48.7 Å². The van der Waals surface area contributed by atoms with Crippen LogP contribution in [0.15, 0.2) is 47.4 Å². The molecule has 0 saturated carbocycles. The second-order valence-corrected chi connectivity index (χ2v) is 7.82. The highest BCUT2D eigenvalue weighted by Crippen LogP contribution is 2.40. The van der Waals surface area contributed by atoms with E-state index in [-0.39, 0.29) is 11.4 Å². The molecular formula is C19H18ClF3O2S. The SMILES string of the molecule is COc1cc(C2CC(Sc3cccc(C(F)(F)F)c3)CCO2)ccc1Cl. The molecule has 140 valence electrons. The fourth-order valence-corrected chi connectivity index (χ4v) is 4.34. The third-order valence-corrected chi connectivity index (χ3v) is 5.85. The first-order chi connectivity index (χ1) is 12.4. The van der Waals surface area contributed by atoms with Crippen LogP contribution in [0.2, 0.25) is 5.02 Å². The molecule has 2 aromatic carbocycles. The van der Waals surface area contributed by atoms with Gasteiger partial charge in [0, 0.05) is 16.8 Å². The fourth-order valence-electron chi connectivity index (χ4n) is 2.92. The van der Waals surface area contributed by atoms with E-state index in [1.807, 2.05) is 12.1 Å². The molecule has 1 heterocycles. The van der Waals surface area contributed by atoms with Gasteiger partial charge in [0.25, 0.3) is 0 Å². The highest BCUT2D eigenvalue weighted by Gasteiger charge is 2.31. The fraction of sp³-hybridized carbons (Fsp3) is 0.368. The van der Waals surface area contributed by atoms with E-state index in [0.29, 0.717) is 28.7 Å². The van der Waals surface area contributed by atoms with E-state index in [9.17, 15) is 13.2 Å². The second kappa shape index (κ2) is 8.11. The Labute approximate surface area is 159 Å². The molecule has 0 N–H and O–H groups in total. The Kier molecular flexibility index (Phi) is 6.05. The van der Waals surface area contributed by atoms with Crippen LogP contribution in [0, 0.1) is 0 Å². The van der Waals surface area contributed by atoms with Crippen molar-refractivity contribution in [3.8, 4) is 5.75 Å². The molecule has 1 aliphatic heterocycles. The molecule has 2 unspecified atom stereocenters. The van der Waals surface area contributed by atoms with Crippen LogP contribution in [-0.4, -0.2) is 19.0 Å². The van der Waals surface area contributed by atoms with E-state index in [0.717, 1.165) is 18.1 Å². The van der Waals surface area contributed by atoms with Crippen molar-refractivity contribution >= 4 is 23.4 Å². The molecule has 7 heteroatoms. The maximum Gasteiger partial charge on any atom is 0.416 e. The van der Waals surface area contributed by atoms with Crippen molar-refractivity contribution in [3.05, 3.63) is 58.6 Å². The number of halogens is 4. The molecule has 1 aliphatic rings. The van der Waals surface area contributed by atoms with Gasteiger partial charge in [0.1, 0.15) is 5.75 Å². The summed E-state index contributed by atoms with van der Waals surface area (Å²) in [6, 6.07) is 11.0. The van der Waals surface area contributed by atoms with E-state index in [1.54, 1.807) is 19.2 Å². The quantitative estimate of drug-likeness (QED) is 0.591. The molecule has 1 fully saturated rings. The van der Waals surface area contributed by atoms with Gasteiger partial charge in [-0.15, -0.1) is 11.8 Å². The van der Waals surface area contributed by atoms with E-state index in [2.05, 4.69) is 0 Å². The molecule has 2 atom stereocenters. The largest absolute Gasteiger partial charge is 0.495 e. The van der Waals surface area contributed by atoms with Crippen LogP contribution in [0.25, 0.3) is 0 Å². The van der Waals surface area contributed by atoms with E-state index >= 15 is 0 Å². The summed E-state index contributed by atoms with van der Waals surface area (Å²) in [6.45, 7) is 0.562. The summed E-state index contributed by atoms with van der Waals surface area (Å²) in [6.07, 6.45) is -2.94. The first-order valence-corrected chi connectivity index (χ1v) is 9.41. The van der Waals surface area contributed by atoms with Crippen molar-refractivity contribution in [2.75, 3.05) is 13.7 Å². The predicted octanol–water partition coefficient (Wildman–Crippen LogP) is 6.38. The van der Waals surface area contributed by atoms with Crippen LogP contribution >= 0.6 is 23.4 Å². The number of hydrogen-bond donors (Lipinski definition) is 0. The third-order valence-electron chi connectivity index (χ3n) is 4.25. The highest BCUT2D eigenvalue weighted by atomic mass is 35.5. The first kappa shape index (κ1) is 19.4. The maximum atomic E-state index is 12.9. The Morgan fingerprint density at radius 3 is 2.73 bits per heavy atom. The Morgan fingerprint density at radius 2 is 2.00 bits per heavy atom. The van der Waals surface area contributed by atoms with Gasteiger partial charge in [0.05, 0.1) is 23.8 Å². The summed E-state index contributed by atoms with van der Waals surface area (Å²) in [5.41, 5.74) is 0.342. The summed E-state index contributed by atoms with van der Waals surface area (Å²) in [4.78, 5) is 0.624. The van der Waals surface area contributed by atoms with E-state index in [1.165, 1.54) is 23.9 Å². The van der Waals surface area contributed by atoms with Gasteiger partial charge in [-0.25, -0.2) is 0 Å². The molecule has 0 bridgehead atoms. The van der Waals surface area contributed by atoms with Crippen molar-refractivity contribution < 1.29 is 22.6 Å². The number of benzene rings is 2. The normalized spacial score (nSPS) is 20.8. The van der Waals surface area contributed by atoms with Gasteiger partial charge >= 0.3 is 6.18 Å². The minimum atomic E-state index is -4.32. The summed E-state index contributed by atoms with van der Waals surface area (Å²) >= 11 is 7.53. The summed E-state index contributed by atoms with van der Waals surface area (Å²) in [5.74, 6) is 0.584. The molecule has 2 aromatic rings. The zero-order valence-corrected chi connectivity index (χ0v) is 15.6. The lowest BCUT2D eigenvalue weighted by Crippen LogP contribution is -2.21. The Balaban J connectivity index is 1.71. The lowest BCUT2D eigenvalue weighted by Gasteiger charge is -2.30. The number of thioether (sulfide) groups is 1. The zero-order valence-electron chi connectivity index (χ0n) is 14.1. The molecule has 2 nitrogen and oxygen atoms in total. The lowest BCUT2D eigenvalue weighted by atomic mass is 10.0. The smallest absolute Gasteiger partial charge is 0.416 e. The number of alkyl halides is 3. The molecule has 26 heavy (non-hydrogen) atoms. The van der Waals surface area contributed by atoms with Gasteiger partial charge < -0.3 is 9.47 Å². The Morgan fingerprint density at radius 1 is 1.19 bits per heavy atom. The topological polar surface area (TPSA) is 18.5 Å². The number of methoxy groups -OCH3 is 1. The van der Waals surface area contributed by atoms with Gasteiger partial charge in [-0.2, -0.15) is 13.2 Å². The summed E-state index contributed by atoms with van der Waals surface area (Å²) in [7, 11) is 1.55. The summed E-state index contributed by atoms with van der Waals surface area (Å²) in [5, 5.41) is 0.709. The maximum absolute atomic E-state index is 12.9. The molecule has 0 amide bonds. The summed E-state index contributed by atoms with van der Waals surface area (Å²) < 4.78 is 49.7. The molecule has 1 saturated heterocycles. The highest BCUT2D eigenvalue weighted by molar-refractivity contribution is 8.00. The van der Waals surface area contributed by atoms with Gasteiger partial charge in [0.15, 0.2) is 0 Å². The molecule has 3 rings (SSSR count). The average Bonchev–Trinajstić information content (AvgIpc) is 2.62. The van der Waals surface area contributed by atoms with Crippen LogP contribution < -0.4 is 4.74 Å². The predicted molar refractivity (Wildman–Crippen MR) is 97.0 cm³/mol. The Hall–Kier alpha value is -1.37. The van der Waals surface area contributed by atoms with E-state index in [4.69, 9.17) is 21.1 Å². The van der Waals surface area contributed by atoms with E-state index < -0.39 is 11.7 Å². The zero-order chi connectivity index (χ0) is 18.7. The van der Waals surface area contributed by atoms with Crippen molar-refractivity contribution in [2.24, 2.45) is 0 Å². The lowest BCUT2D eigenvalue weighted by molar-refractivity contribution is -0.137. The Bertz CT molecular complexity index is 767. The molecule has 0 aromatic heterocycles. The molecule has 0 radical (unpaired) electrons. The third kappa shape index (κ3) is 4.67. The number of rotatable bonds is 4. The van der Waals surface area contributed by atoms with Gasteiger partial charge in [-0.3, -0.25) is 0 Å². The average molecular weight is 403 g/mol. The van der Waals surface area contributed by atoms with Crippen LogP contribution in [-0.2, 0) is 10.9 Å². The standard InChI is InChI=1S/C19H18ClF3O2S/c1-24-18-9-12(5-6-16(18)20)17-11-15(7-8-25-17)26-14-4-2-3-13(10-14)19(21,22)23/h2-6,9-10,15,17H,7-8,11H2,1H3. The van der Waals surface area contributed by atoms with Crippen molar-refractivity contribution in [1.29, 1.82) is 0 Å². The number of hydrogen-bond acceptors (Lipinski definition) is 3. The monoisotopic (exact) mass is 402 g/mol. The second-order valence-electron chi connectivity index (χ2n) is 6.04. The van der Waals surface area contributed by atoms with Crippen LogP contribution in [0.4, 0.5) is 13.2 Å². The van der Waals surface area contributed by atoms with Crippen molar-refractivity contribution in [3.63, 3.8) is 0 Å². The van der Waals surface area contributed by atoms with Gasteiger partial charge in [-0.1, -0.05) is 23.7 Å². The van der Waals surface area contributed by atoms with Crippen LogP contribution in [0.5, 0.6) is 5.75 Å². The first-order valence-electron chi connectivity index (χ1n) is 8.16. The number of ether oxygens (including phenoxy) is 2. The molecule has 0 aliphatic carbocycles. The minimum Gasteiger partial charge on any atom is -0.495 e. The molecular weight excluding hydrogens is 385 g/mol. The van der Waals surface area contributed by atoms with Crippen LogP contribution in [0.3, 0.4) is 0 Å². The van der Waals surface area contributed by atoms with Crippen molar-refractivity contribution in [2.45, 2.75) is 35.3 Å². The molecule has 0 spiro atoms. The van der Waals surface area contributed by atoms with Crippen molar-refractivity contribution in [1.82, 2.24) is 0 Å². The minimum absolute atomic E-state index is 0.127.